The first-order chi connectivity index (χ1) is 6.91. The van der Waals surface area contributed by atoms with Gasteiger partial charge >= 0.3 is 93.2 Å². The molecule has 0 spiro atoms. The maximum absolute atomic E-state index is 11.0. The van der Waals surface area contributed by atoms with Gasteiger partial charge in [0.1, 0.15) is 0 Å². The van der Waals surface area contributed by atoms with Crippen LogP contribution in [0.25, 0.3) is 0 Å². The van der Waals surface area contributed by atoms with Crippen LogP contribution in [0.3, 0.4) is 0 Å². The van der Waals surface area contributed by atoms with Crippen molar-refractivity contribution in [3.05, 3.63) is 34.9 Å². The van der Waals surface area contributed by atoms with Crippen LogP contribution < -0.4 is 11.5 Å². The van der Waals surface area contributed by atoms with Crippen molar-refractivity contribution in [2.45, 2.75) is 0 Å². The van der Waals surface area contributed by atoms with Gasteiger partial charge in [-0.05, 0) is 0 Å². The Balaban J connectivity index is 3.39. The summed E-state index contributed by atoms with van der Waals surface area (Å²) < 4.78 is -0.388. The Kier molecular flexibility index (Phi) is 3.24. The van der Waals surface area contributed by atoms with E-state index >= 15 is 0 Å². The molecule has 0 heterocycles. The van der Waals surface area contributed by atoms with Crippen molar-refractivity contribution in [1.82, 2.24) is 0 Å². The van der Waals surface area contributed by atoms with Crippen molar-refractivity contribution in [3.8, 4) is 0 Å². The van der Waals surface area contributed by atoms with Gasteiger partial charge < -0.3 is 0 Å². The second-order valence-corrected chi connectivity index (χ2v) is 3.59. The second-order valence-electron chi connectivity index (χ2n) is 2.81. The first-order valence-electron chi connectivity index (χ1n) is 3.88. The third-order valence-corrected chi connectivity index (χ3v) is 2.23. The van der Waals surface area contributed by atoms with Gasteiger partial charge in [0.15, 0.2) is 0 Å². The summed E-state index contributed by atoms with van der Waals surface area (Å²) in [6.07, 6.45) is 0. The van der Waals surface area contributed by atoms with Gasteiger partial charge in [-0.15, -0.1) is 0 Å². The van der Waals surface area contributed by atoms with Crippen molar-refractivity contribution in [3.63, 3.8) is 0 Å². The zero-order chi connectivity index (χ0) is 11.6. The molecule has 0 bridgehead atoms. The Morgan fingerprint density at radius 2 is 1.20 bits per heavy atom. The van der Waals surface area contributed by atoms with Gasteiger partial charge in [-0.1, -0.05) is 0 Å². The molecule has 0 fully saturated rings. The van der Waals surface area contributed by atoms with Crippen LogP contribution in [-0.2, 0) is 0 Å². The number of hydrogen-bond acceptors (Lipinski definition) is 3. The van der Waals surface area contributed by atoms with E-state index in [-0.39, 0.29) is 21.4 Å². The summed E-state index contributed by atoms with van der Waals surface area (Å²) in [6.45, 7) is 0. The van der Waals surface area contributed by atoms with Gasteiger partial charge in [0.25, 0.3) is 0 Å². The van der Waals surface area contributed by atoms with Crippen LogP contribution in [0.1, 0.15) is 31.1 Å². The molecule has 0 saturated carbocycles. The number of primary amides is 2. The average Bonchev–Trinajstić information content (AvgIpc) is 2.16. The Morgan fingerprint density at radius 3 is 1.47 bits per heavy atom. The minimum absolute atomic E-state index is 0.0740. The Morgan fingerprint density at radius 1 is 0.867 bits per heavy atom. The number of nitrogens with two attached hydrogens (primary N) is 2. The molecule has 15 heavy (non-hydrogen) atoms. The predicted octanol–water partition coefficient (Wildman–Crippen LogP) is -0.807. The van der Waals surface area contributed by atoms with Crippen LogP contribution in [0.5, 0.6) is 0 Å². The molecule has 0 aromatic heterocycles. The van der Waals surface area contributed by atoms with Gasteiger partial charge in [-0.25, -0.2) is 0 Å². The third kappa shape index (κ3) is 2.65. The fraction of sp³-hybridized carbons (Fsp3) is 0. The first kappa shape index (κ1) is 11.4. The van der Waals surface area contributed by atoms with E-state index in [0.717, 1.165) is 0 Å². The van der Waals surface area contributed by atoms with Crippen molar-refractivity contribution < 1.29 is 14.4 Å². The van der Waals surface area contributed by atoms with Gasteiger partial charge in [-0.3, -0.25) is 0 Å². The number of carbonyl (C=O) groups excluding carboxylic acids is 3. The number of rotatable bonds is 3. The van der Waals surface area contributed by atoms with E-state index in [1.165, 1.54) is 18.2 Å². The van der Waals surface area contributed by atoms with E-state index in [1.807, 2.05) is 0 Å². The molecule has 0 aliphatic rings. The number of benzene rings is 1. The molecule has 4 N–H and O–H groups in total. The van der Waals surface area contributed by atoms with Crippen molar-refractivity contribution in [2.24, 2.45) is 11.5 Å². The normalized spacial score (nSPS) is 9.60. The molecule has 1 aromatic carbocycles. The molecule has 0 aliphatic carbocycles. The van der Waals surface area contributed by atoms with E-state index in [0.29, 0.717) is 0 Å². The topological polar surface area (TPSA) is 103 Å². The van der Waals surface area contributed by atoms with Crippen LogP contribution in [0.4, 0.5) is 0 Å². The molecule has 1 rings (SSSR count). The SMILES string of the molecule is NC(=O)c1cc(C(N)=O)cc(C(=O)[Se])c1. The zero-order valence-electron chi connectivity index (χ0n) is 7.52. The minimum atomic E-state index is -0.722. The Hall–Kier alpha value is -1.65. The van der Waals surface area contributed by atoms with E-state index in [4.69, 9.17) is 11.5 Å². The fourth-order valence-corrected chi connectivity index (χ4v) is 1.28. The Bertz CT molecular complexity index is 378. The quantitative estimate of drug-likeness (QED) is 0.702. The van der Waals surface area contributed by atoms with Gasteiger partial charge in [-0.2, -0.15) is 0 Å². The van der Waals surface area contributed by atoms with Gasteiger partial charge in [0.05, 0.1) is 0 Å². The zero-order valence-corrected chi connectivity index (χ0v) is 9.23. The van der Waals surface area contributed by atoms with Crippen LogP contribution in [0, 0.1) is 0 Å². The average molecular weight is 270 g/mol. The second kappa shape index (κ2) is 4.25. The number of carbonyl (C=O) groups is 3. The molecule has 0 unspecified atom stereocenters. The number of amides is 2. The van der Waals surface area contributed by atoms with Gasteiger partial charge in [0, 0.05) is 0 Å². The molecule has 6 heteroatoms. The summed E-state index contributed by atoms with van der Waals surface area (Å²) in [5.41, 5.74) is 10.4. The van der Waals surface area contributed by atoms with Crippen LogP contribution in [0.15, 0.2) is 18.2 Å². The van der Waals surface area contributed by atoms with E-state index in [1.54, 1.807) is 0 Å². The summed E-state index contributed by atoms with van der Waals surface area (Å²) in [5.74, 6) is -1.44. The van der Waals surface area contributed by atoms with E-state index in [9.17, 15) is 14.4 Å². The molecule has 5 nitrogen and oxygen atoms in total. The standard InChI is InChI=1S/C9H7N2O3Se/c10-7(12)4-1-5(8(11)13)3-6(2-4)9(14)15/h1-3H,(H2,10,12)(H2,11,13). The fourth-order valence-electron chi connectivity index (χ4n) is 1.03. The molecule has 0 saturated heterocycles. The molecular weight excluding hydrogens is 263 g/mol. The summed E-state index contributed by atoms with van der Waals surface area (Å²) in [4.78, 5) is 32.8. The summed E-state index contributed by atoms with van der Waals surface area (Å²) in [7, 11) is 0. The monoisotopic (exact) mass is 271 g/mol. The summed E-state index contributed by atoms with van der Waals surface area (Å²) in [6, 6.07) is 3.85. The predicted molar refractivity (Wildman–Crippen MR) is 53.6 cm³/mol. The third-order valence-electron chi connectivity index (χ3n) is 1.74. The first-order valence-corrected chi connectivity index (χ1v) is 4.73. The number of hydrogen-bond donors (Lipinski definition) is 2. The molecule has 2 amide bonds. The molecule has 0 atom stereocenters. The van der Waals surface area contributed by atoms with Crippen molar-refractivity contribution >= 4 is 32.5 Å². The molecule has 1 aromatic rings. The molecule has 77 valence electrons. The summed E-state index contributed by atoms with van der Waals surface area (Å²) in [5, 5.41) is 0. The van der Waals surface area contributed by atoms with Crippen LogP contribution in [-0.4, -0.2) is 32.5 Å². The van der Waals surface area contributed by atoms with Gasteiger partial charge in [0.2, 0.25) is 0 Å². The van der Waals surface area contributed by atoms with Crippen LogP contribution in [0.2, 0.25) is 0 Å². The van der Waals surface area contributed by atoms with Crippen molar-refractivity contribution in [1.29, 1.82) is 0 Å². The summed E-state index contributed by atoms with van der Waals surface area (Å²) >= 11 is 2.25. The molecule has 0 aliphatic heterocycles. The van der Waals surface area contributed by atoms with Crippen molar-refractivity contribution in [2.75, 3.05) is 0 Å². The molecule has 1 radical (unpaired) electrons. The Labute approximate surface area is 93.6 Å². The molecular formula is C9H7N2O3Se. The van der Waals surface area contributed by atoms with E-state index in [2.05, 4.69) is 16.0 Å². The van der Waals surface area contributed by atoms with E-state index < -0.39 is 11.8 Å². The van der Waals surface area contributed by atoms with Crippen LogP contribution >= 0.6 is 0 Å². The maximum atomic E-state index is 11.0.